The van der Waals surface area contributed by atoms with Crippen molar-refractivity contribution < 1.29 is 19.1 Å². The minimum Gasteiger partial charge on any atom is -0.481 e. The number of benzene rings is 2. The largest absolute Gasteiger partial charge is 0.481 e. The molecule has 138 valence electrons. The molecule has 2 unspecified atom stereocenters. The first-order valence-electron chi connectivity index (χ1n) is 8.64. The third kappa shape index (κ3) is 4.91. The lowest BCUT2D eigenvalue weighted by atomic mass is 9.82. The molecule has 2 rings (SSSR count). The molecule has 0 heterocycles. The van der Waals surface area contributed by atoms with Crippen LogP contribution in [0, 0.1) is 11.7 Å². The van der Waals surface area contributed by atoms with Crippen molar-refractivity contribution >= 4 is 11.9 Å². The molecule has 0 bridgehead atoms. The Balaban J connectivity index is 1.94. The maximum atomic E-state index is 13.2. The summed E-state index contributed by atoms with van der Waals surface area (Å²) < 4.78 is 13.2. The molecule has 0 fully saturated rings. The Morgan fingerprint density at radius 1 is 1.15 bits per heavy atom. The van der Waals surface area contributed by atoms with Crippen molar-refractivity contribution in [1.82, 2.24) is 5.32 Å². The highest BCUT2D eigenvalue weighted by Gasteiger charge is 2.35. The van der Waals surface area contributed by atoms with Crippen LogP contribution >= 0.6 is 0 Å². The Kier molecular flexibility index (Phi) is 6.50. The second-order valence-corrected chi connectivity index (χ2v) is 6.79. The quantitative estimate of drug-likeness (QED) is 0.759. The van der Waals surface area contributed by atoms with Gasteiger partial charge in [-0.25, -0.2) is 4.39 Å². The monoisotopic (exact) mass is 357 g/mol. The van der Waals surface area contributed by atoms with E-state index >= 15 is 0 Å². The summed E-state index contributed by atoms with van der Waals surface area (Å²) in [6.45, 7) is 3.40. The second-order valence-electron chi connectivity index (χ2n) is 6.79. The summed E-state index contributed by atoms with van der Waals surface area (Å²) >= 11 is 0. The van der Waals surface area contributed by atoms with Crippen molar-refractivity contribution in [1.29, 1.82) is 0 Å². The highest BCUT2D eigenvalue weighted by molar-refractivity contribution is 5.83. The molecule has 0 aromatic heterocycles. The zero-order chi connectivity index (χ0) is 19.2. The molecule has 2 N–H and O–H groups in total. The molecule has 1 amide bonds. The number of carbonyl (C=O) groups is 2. The average molecular weight is 357 g/mol. The fraction of sp³-hybridized carbons (Fsp3) is 0.333. The molecule has 2 atom stereocenters. The van der Waals surface area contributed by atoms with E-state index in [1.165, 1.54) is 12.1 Å². The van der Waals surface area contributed by atoms with Crippen molar-refractivity contribution in [2.75, 3.05) is 6.54 Å². The first-order chi connectivity index (χ1) is 12.3. The lowest BCUT2D eigenvalue weighted by Crippen LogP contribution is -2.45. The van der Waals surface area contributed by atoms with Crippen molar-refractivity contribution in [3.8, 4) is 0 Å². The fourth-order valence-corrected chi connectivity index (χ4v) is 2.75. The molecular weight excluding hydrogens is 333 g/mol. The number of halogens is 1. The smallest absolute Gasteiger partial charge is 0.315 e. The Morgan fingerprint density at radius 2 is 1.85 bits per heavy atom. The summed E-state index contributed by atoms with van der Waals surface area (Å²) in [5, 5.41) is 12.4. The molecule has 2 aromatic carbocycles. The van der Waals surface area contributed by atoms with Gasteiger partial charge in [-0.3, -0.25) is 9.59 Å². The molecule has 4 nitrogen and oxygen atoms in total. The summed E-state index contributed by atoms with van der Waals surface area (Å²) in [7, 11) is 0. The minimum absolute atomic E-state index is 0.00941. The molecule has 26 heavy (non-hydrogen) atoms. The number of amides is 1. The summed E-state index contributed by atoms with van der Waals surface area (Å²) in [5.74, 6) is -1.78. The van der Waals surface area contributed by atoms with Crippen LogP contribution in [-0.4, -0.2) is 23.5 Å². The Bertz CT molecular complexity index is 763. The van der Waals surface area contributed by atoms with E-state index in [1.807, 2.05) is 12.1 Å². The van der Waals surface area contributed by atoms with Gasteiger partial charge in [-0.2, -0.15) is 0 Å². The fourth-order valence-electron chi connectivity index (χ4n) is 2.75. The predicted molar refractivity (Wildman–Crippen MR) is 98.3 cm³/mol. The zero-order valence-corrected chi connectivity index (χ0v) is 15.0. The molecule has 5 heteroatoms. The number of aryl methyl sites for hydroxylation is 1. The van der Waals surface area contributed by atoms with Gasteiger partial charge in [0, 0.05) is 12.5 Å². The van der Waals surface area contributed by atoms with Crippen LogP contribution in [0.2, 0.25) is 0 Å². The summed E-state index contributed by atoms with van der Waals surface area (Å²) in [4.78, 5) is 24.1. The van der Waals surface area contributed by atoms with Gasteiger partial charge in [-0.1, -0.05) is 49.4 Å². The van der Waals surface area contributed by atoms with Crippen LogP contribution < -0.4 is 5.32 Å². The van der Waals surface area contributed by atoms with Gasteiger partial charge in [0.2, 0.25) is 5.91 Å². The van der Waals surface area contributed by atoms with Gasteiger partial charge in [-0.05, 0) is 43.0 Å². The average Bonchev–Trinajstić information content (AvgIpc) is 2.64. The number of hydrogen-bond donors (Lipinski definition) is 2. The van der Waals surface area contributed by atoms with Crippen molar-refractivity contribution in [3.05, 3.63) is 71.5 Å². The van der Waals surface area contributed by atoms with Crippen molar-refractivity contribution in [2.24, 2.45) is 5.92 Å². The molecule has 0 aliphatic carbocycles. The Morgan fingerprint density at radius 3 is 2.46 bits per heavy atom. The summed E-state index contributed by atoms with van der Waals surface area (Å²) in [5.41, 5.74) is 0.281. The normalized spacial score (nSPS) is 14.3. The molecule has 0 spiro atoms. The maximum absolute atomic E-state index is 13.2. The number of nitrogens with one attached hydrogen (secondary N) is 1. The number of carboxylic acid groups (broad SMARTS) is 1. The van der Waals surface area contributed by atoms with Crippen LogP contribution in [0.3, 0.4) is 0 Å². The lowest BCUT2D eigenvalue weighted by molar-refractivity contribution is -0.143. The van der Waals surface area contributed by atoms with E-state index in [4.69, 9.17) is 0 Å². The number of carbonyl (C=O) groups excluding carboxylic acids is 1. The van der Waals surface area contributed by atoms with Gasteiger partial charge in [0.25, 0.3) is 0 Å². The van der Waals surface area contributed by atoms with Crippen molar-refractivity contribution in [3.63, 3.8) is 0 Å². The van der Waals surface area contributed by atoms with Gasteiger partial charge >= 0.3 is 5.97 Å². The minimum atomic E-state index is -1.20. The molecule has 0 saturated carbocycles. The standard InChI is InChI=1S/C21H24FNO3/c1-15(11-12-16-7-6-10-18(22)13-16)19(24)23-14-21(2,20(25)26)17-8-4-3-5-9-17/h3-10,13,15H,11-12,14H2,1-2H3,(H,23,24)(H,25,26). The van der Waals surface area contributed by atoms with Crippen molar-refractivity contribution in [2.45, 2.75) is 32.1 Å². The van der Waals surface area contributed by atoms with Gasteiger partial charge in [-0.15, -0.1) is 0 Å². The van der Waals surface area contributed by atoms with Gasteiger partial charge in [0.05, 0.1) is 0 Å². The van der Waals surface area contributed by atoms with E-state index in [0.717, 1.165) is 5.56 Å². The number of aliphatic carboxylic acids is 1. The maximum Gasteiger partial charge on any atom is 0.315 e. The molecule has 2 aromatic rings. The second kappa shape index (κ2) is 8.61. The van der Waals surface area contributed by atoms with Gasteiger partial charge < -0.3 is 10.4 Å². The van der Waals surface area contributed by atoms with Crippen LogP contribution in [0.15, 0.2) is 54.6 Å². The van der Waals surface area contributed by atoms with Crippen LogP contribution in [0.25, 0.3) is 0 Å². The van der Waals surface area contributed by atoms with Crippen LogP contribution in [0.4, 0.5) is 4.39 Å². The first kappa shape index (κ1) is 19.6. The van der Waals surface area contributed by atoms with E-state index in [9.17, 15) is 19.1 Å². The molecule has 0 aliphatic rings. The zero-order valence-electron chi connectivity index (χ0n) is 15.0. The highest BCUT2D eigenvalue weighted by Crippen LogP contribution is 2.23. The number of rotatable bonds is 8. The van der Waals surface area contributed by atoms with E-state index < -0.39 is 11.4 Å². The van der Waals surface area contributed by atoms with E-state index in [-0.39, 0.29) is 24.2 Å². The van der Waals surface area contributed by atoms with Gasteiger partial charge in [0.1, 0.15) is 11.2 Å². The number of hydrogen-bond acceptors (Lipinski definition) is 2. The number of carboxylic acids is 1. The molecule has 0 saturated heterocycles. The highest BCUT2D eigenvalue weighted by atomic mass is 19.1. The summed E-state index contributed by atoms with van der Waals surface area (Å²) in [6, 6.07) is 15.2. The Hall–Kier alpha value is -2.69. The Labute approximate surface area is 153 Å². The van der Waals surface area contributed by atoms with Crippen LogP contribution in [-0.2, 0) is 21.4 Å². The first-order valence-corrected chi connectivity index (χ1v) is 8.64. The third-order valence-corrected chi connectivity index (χ3v) is 4.70. The topological polar surface area (TPSA) is 66.4 Å². The SMILES string of the molecule is CC(CCc1cccc(F)c1)C(=O)NCC(C)(C(=O)O)c1ccccc1. The molecular formula is C21H24FNO3. The predicted octanol–water partition coefficient (Wildman–Crippen LogP) is 3.55. The van der Waals surface area contributed by atoms with E-state index in [1.54, 1.807) is 44.2 Å². The van der Waals surface area contributed by atoms with E-state index in [2.05, 4.69) is 5.32 Å². The van der Waals surface area contributed by atoms with Crippen LogP contribution in [0.5, 0.6) is 0 Å². The van der Waals surface area contributed by atoms with Crippen LogP contribution in [0.1, 0.15) is 31.4 Å². The molecule has 0 aliphatic heterocycles. The summed E-state index contributed by atoms with van der Waals surface area (Å²) in [6.07, 6.45) is 1.14. The van der Waals surface area contributed by atoms with E-state index in [0.29, 0.717) is 18.4 Å². The molecule has 0 radical (unpaired) electrons. The van der Waals surface area contributed by atoms with Gasteiger partial charge in [0.15, 0.2) is 0 Å². The third-order valence-electron chi connectivity index (χ3n) is 4.70. The lowest BCUT2D eigenvalue weighted by Gasteiger charge is -2.26.